The second kappa shape index (κ2) is 7.69. The van der Waals surface area contributed by atoms with E-state index in [4.69, 9.17) is 13.9 Å². The van der Waals surface area contributed by atoms with Crippen molar-refractivity contribution in [2.75, 3.05) is 26.5 Å². The molecule has 0 unspecified atom stereocenters. The van der Waals surface area contributed by atoms with Gasteiger partial charge in [0.2, 0.25) is 11.8 Å². The predicted molar refractivity (Wildman–Crippen MR) is 82.2 cm³/mol. The van der Waals surface area contributed by atoms with Crippen LogP contribution in [0.3, 0.4) is 0 Å². The highest BCUT2D eigenvalue weighted by Gasteiger charge is 2.12. The fraction of sp³-hybridized carbons (Fsp3) is 0.357. The van der Waals surface area contributed by atoms with Gasteiger partial charge in [-0.15, -0.1) is 10.2 Å². The van der Waals surface area contributed by atoms with E-state index in [-0.39, 0.29) is 5.91 Å². The summed E-state index contributed by atoms with van der Waals surface area (Å²) in [4.78, 5) is 10.8. The lowest BCUT2D eigenvalue weighted by Gasteiger charge is -2.05. The minimum Gasteiger partial charge on any atom is -0.497 e. The Balaban J connectivity index is 2.06. The number of hydrogen-bond acceptors (Lipinski definition) is 7. The summed E-state index contributed by atoms with van der Waals surface area (Å²) in [6.07, 6.45) is 0. The van der Waals surface area contributed by atoms with Crippen molar-refractivity contribution in [1.82, 2.24) is 15.5 Å². The Hall–Kier alpha value is -2.22. The zero-order valence-electron chi connectivity index (χ0n) is 12.6. The number of carbonyl (C=O) groups excluding carboxylic acids is 1. The van der Waals surface area contributed by atoms with E-state index in [0.717, 1.165) is 5.56 Å². The average molecular weight is 323 g/mol. The molecule has 1 N–H and O–H groups in total. The molecule has 0 fully saturated rings. The number of rotatable bonds is 7. The lowest BCUT2D eigenvalue weighted by Crippen LogP contribution is -2.22. The summed E-state index contributed by atoms with van der Waals surface area (Å²) in [7, 11) is 3.16. The molecule has 1 aromatic carbocycles. The van der Waals surface area contributed by atoms with E-state index in [1.807, 2.05) is 0 Å². The van der Waals surface area contributed by atoms with Gasteiger partial charge in [-0.25, -0.2) is 0 Å². The minimum absolute atomic E-state index is 0.0599. The number of hydrogen-bond donors (Lipinski definition) is 1. The number of carbonyl (C=O) groups is 1. The number of methoxy groups -OCH3 is 2. The molecule has 0 saturated heterocycles. The summed E-state index contributed by atoms with van der Waals surface area (Å²) >= 11 is 1.38. The van der Waals surface area contributed by atoms with Crippen molar-refractivity contribution in [2.45, 2.75) is 12.1 Å². The van der Waals surface area contributed by atoms with Gasteiger partial charge in [0, 0.05) is 30.9 Å². The van der Waals surface area contributed by atoms with E-state index >= 15 is 0 Å². The van der Waals surface area contributed by atoms with Crippen LogP contribution in [0.15, 0.2) is 27.8 Å². The molecular formula is C14H17N3O4S. The summed E-state index contributed by atoms with van der Waals surface area (Å²) in [5.41, 5.74) is 0.720. The molecule has 0 saturated carbocycles. The van der Waals surface area contributed by atoms with E-state index < -0.39 is 0 Å². The number of ether oxygens (including phenoxy) is 2. The highest BCUT2D eigenvalue weighted by atomic mass is 32.2. The lowest BCUT2D eigenvalue weighted by atomic mass is 10.2. The van der Waals surface area contributed by atoms with Crippen LogP contribution in [0.2, 0.25) is 0 Å². The normalized spacial score (nSPS) is 10.3. The molecule has 0 atom stereocenters. The molecule has 118 valence electrons. The molecular weight excluding hydrogens is 306 g/mol. The first kappa shape index (κ1) is 16.2. The van der Waals surface area contributed by atoms with Gasteiger partial charge in [0.1, 0.15) is 11.5 Å². The molecule has 1 amide bonds. The van der Waals surface area contributed by atoms with Gasteiger partial charge in [0.15, 0.2) is 0 Å². The molecule has 0 aliphatic rings. The van der Waals surface area contributed by atoms with Crippen molar-refractivity contribution >= 4 is 17.7 Å². The Labute approximate surface area is 132 Å². The summed E-state index contributed by atoms with van der Waals surface area (Å²) in [5.74, 6) is 2.28. The molecule has 7 nitrogen and oxygen atoms in total. The van der Waals surface area contributed by atoms with Crippen LogP contribution >= 0.6 is 11.8 Å². The standard InChI is InChI=1S/C14H17N3O4S/c1-9(18)15-4-5-22-14-17-16-13(21-14)10-6-11(19-2)8-12(7-10)20-3/h6-8H,4-5H2,1-3H3,(H,15,18). The Bertz CT molecular complexity index is 623. The SMILES string of the molecule is COc1cc(OC)cc(-c2nnc(SCCNC(C)=O)o2)c1. The van der Waals surface area contributed by atoms with E-state index in [2.05, 4.69) is 15.5 Å². The first-order chi connectivity index (χ1) is 10.6. The molecule has 0 spiro atoms. The predicted octanol–water partition coefficient (Wildman–Crippen LogP) is 1.98. The number of thioether (sulfide) groups is 1. The Kier molecular flexibility index (Phi) is 5.65. The van der Waals surface area contributed by atoms with Gasteiger partial charge >= 0.3 is 0 Å². The monoisotopic (exact) mass is 323 g/mol. The molecule has 0 aliphatic heterocycles. The maximum Gasteiger partial charge on any atom is 0.276 e. The number of amides is 1. The molecule has 22 heavy (non-hydrogen) atoms. The van der Waals surface area contributed by atoms with Crippen LogP contribution in [0.5, 0.6) is 11.5 Å². The quantitative estimate of drug-likeness (QED) is 0.616. The van der Waals surface area contributed by atoms with Crippen LogP contribution in [0.4, 0.5) is 0 Å². The first-order valence-electron chi connectivity index (χ1n) is 6.56. The van der Waals surface area contributed by atoms with E-state index in [1.165, 1.54) is 18.7 Å². The van der Waals surface area contributed by atoms with Gasteiger partial charge < -0.3 is 19.2 Å². The van der Waals surface area contributed by atoms with Crippen LogP contribution < -0.4 is 14.8 Å². The smallest absolute Gasteiger partial charge is 0.276 e. The van der Waals surface area contributed by atoms with E-state index in [1.54, 1.807) is 32.4 Å². The average Bonchev–Trinajstić information content (AvgIpc) is 2.99. The lowest BCUT2D eigenvalue weighted by molar-refractivity contribution is -0.118. The molecule has 1 aromatic heterocycles. The highest BCUT2D eigenvalue weighted by molar-refractivity contribution is 7.99. The maximum atomic E-state index is 10.8. The van der Waals surface area contributed by atoms with Crippen molar-refractivity contribution < 1.29 is 18.7 Å². The zero-order valence-corrected chi connectivity index (χ0v) is 13.4. The largest absolute Gasteiger partial charge is 0.497 e. The fourth-order valence-corrected chi connectivity index (χ4v) is 2.30. The van der Waals surface area contributed by atoms with Crippen LogP contribution in [-0.4, -0.2) is 42.6 Å². The second-order valence-electron chi connectivity index (χ2n) is 4.31. The first-order valence-corrected chi connectivity index (χ1v) is 7.55. The number of aromatic nitrogens is 2. The molecule has 2 aromatic rings. The van der Waals surface area contributed by atoms with Gasteiger partial charge in [0.25, 0.3) is 5.22 Å². The van der Waals surface area contributed by atoms with E-state index in [9.17, 15) is 4.79 Å². The molecule has 0 radical (unpaired) electrons. The third-order valence-corrected chi connectivity index (χ3v) is 3.53. The molecule has 0 bridgehead atoms. The topological polar surface area (TPSA) is 86.5 Å². The summed E-state index contributed by atoms with van der Waals surface area (Å²) in [6.45, 7) is 2.02. The van der Waals surface area contributed by atoms with Crippen LogP contribution in [0.25, 0.3) is 11.5 Å². The molecule has 0 aliphatic carbocycles. The van der Waals surface area contributed by atoms with Gasteiger partial charge in [-0.3, -0.25) is 4.79 Å². The summed E-state index contributed by atoms with van der Waals surface area (Å²) < 4.78 is 16.0. The third-order valence-electron chi connectivity index (χ3n) is 2.71. The molecule has 1 heterocycles. The Morgan fingerprint density at radius 1 is 1.23 bits per heavy atom. The maximum absolute atomic E-state index is 10.8. The zero-order chi connectivity index (χ0) is 15.9. The van der Waals surface area contributed by atoms with Gasteiger partial charge in [-0.2, -0.15) is 0 Å². The van der Waals surface area contributed by atoms with E-state index in [0.29, 0.717) is 34.9 Å². The van der Waals surface area contributed by atoms with Crippen molar-refractivity contribution in [3.63, 3.8) is 0 Å². The fourth-order valence-electron chi connectivity index (χ4n) is 1.68. The number of nitrogens with one attached hydrogen (secondary N) is 1. The van der Waals surface area contributed by atoms with Gasteiger partial charge in [-0.1, -0.05) is 11.8 Å². The van der Waals surface area contributed by atoms with Gasteiger partial charge in [0.05, 0.1) is 14.2 Å². The summed E-state index contributed by atoms with van der Waals surface area (Å²) in [5, 5.41) is 11.1. The van der Waals surface area contributed by atoms with Crippen molar-refractivity contribution in [1.29, 1.82) is 0 Å². The number of nitrogens with zero attached hydrogens (tertiary/aromatic N) is 2. The third kappa shape index (κ3) is 4.39. The molecule has 2 rings (SSSR count). The number of benzene rings is 1. The minimum atomic E-state index is -0.0599. The van der Waals surface area contributed by atoms with Crippen molar-refractivity contribution in [2.24, 2.45) is 0 Å². The Morgan fingerprint density at radius 3 is 2.50 bits per heavy atom. The van der Waals surface area contributed by atoms with Crippen LogP contribution in [0.1, 0.15) is 6.92 Å². The summed E-state index contributed by atoms with van der Waals surface area (Å²) in [6, 6.07) is 5.35. The van der Waals surface area contributed by atoms with Crippen molar-refractivity contribution in [3.05, 3.63) is 18.2 Å². The Morgan fingerprint density at radius 2 is 1.91 bits per heavy atom. The van der Waals surface area contributed by atoms with Gasteiger partial charge in [-0.05, 0) is 12.1 Å². The molecule has 8 heteroatoms. The van der Waals surface area contributed by atoms with Crippen LogP contribution in [-0.2, 0) is 4.79 Å². The van der Waals surface area contributed by atoms with Crippen LogP contribution in [0, 0.1) is 0 Å². The highest BCUT2D eigenvalue weighted by Crippen LogP contribution is 2.30. The second-order valence-corrected chi connectivity index (χ2v) is 5.35. The van der Waals surface area contributed by atoms with Crippen molar-refractivity contribution in [3.8, 4) is 23.0 Å².